The Hall–Kier alpha value is -2.89. The maximum Gasteiger partial charge on any atom is 0.217 e. The second kappa shape index (κ2) is 6.71. The SMILES string of the molecule is NC(=O)CCCC(=O)c1ncc(-c2cccc(N)c2)cc1O. The second-order valence-electron chi connectivity index (χ2n) is 4.96. The van der Waals surface area contributed by atoms with Crippen LogP contribution in [-0.4, -0.2) is 21.8 Å². The number of anilines is 1. The summed E-state index contributed by atoms with van der Waals surface area (Å²) in [4.78, 5) is 26.6. The molecule has 0 saturated carbocycles. The molecule has 1 aromatic heterocycles. The number of nitrogen functional groups attached to an aromatic ring is 1. The number of rotatable bonds is 6. The van der Waals surface area contributed by atoms with Gasteiger partial charge in [-0.2, -0.15) is 0 Å². The Morgan fingerprint density at radius 3 is 2.55 bits per heavy atom. The van der Waals surface area contributed by atoms with Crippen molar-refractivity contribution in [2.24, 2.45) is 5.73 Å². The number of carbonyl (C=O) groups excluding carboxylic acids is 2. The first kappa shape index (κ1) is 15.5. The van der Waals surface area contributed by atoms with Crippen LogP contribution >= 0.6 is 0 Å². The van der Waals surface area contributed by atoms with Crippen LogP contribution in [0.25, 0.3) is 11.1 Å². The van der Waals surface area contributed by atoms with Crippen molar-refractivity contribution in [2.75, 3.05) is 5.73 Å². The quantitative estimate of drug-likeness (QED) is 0.555. The number of amides is 1. The summed E-state index contributed by atoms with van der Waals surface area (Å²) in [5.41, 5.74) is 12.8. The zero-order chi connectivity index (χ0) is 16.1. The van der Waals surface area contributed by atoms with Crippen LogP contribution in [0.1, 0.15) is 29.8 Å². The van der Waals surface area contributed by atoms with Gasteiger partial charge >= 0.3 is 0 Å². The lowest BCUT2D eigenvalue weighted by molar-refractivity contribution is -0.118. The van der Waals surface area contributed by atoms with Gasteiger partial charge in [-0.3, -0.25) is 9.59 Å². The van der Waals surface area contributed by atoms with E-state index in [0.29, 0.717) is 17.7 Å². The third kappa shape index (κ3) is 3.82. The number of Topliss-reactive ketones (excluding diaryl/α,β-unsaturated/α-hetero) is 1. The summed E-state index contributed by atoms with van der Waals surface area (Å²) < 4.78 is 0. The summed E-state index contributed by atoms with van der Waals surface area (Å²) in [5.74, 6) is -0.969. The molecule has 0 fully saturated rings. The van der Waals surface area contributed by atoms with Gasteiger partial charge in [-0.25, -0.2) is 4.98 Å². The molecule has 0 saturated heterocycles. The van der Waals surface area contributed by atoms with E-state index in [9.17, 15) is 14.7 Å². The van der Waals surface area contributed by atoms with Crippen LogP contribution in [0.2, 0.25) is 0 Å². The molecule has 5 N–H and O–H groups in total. The van der Waals surface area contributed by atoms with Crippen molar-refractivity contribution in [2.45, 2.75) is 19.3 Å². The van der Waals surface area contributed by atoms with Gasteiger partial charge in [0.15, 0.2) is 5.78 Å². The smallest absolute Gasteiger partial charge is 0.217 e. The minimum Gasteiger partial charge on any atom is -0.506 e. The van der Waals surface area contributed by atoms with E-state index in [-0.39, 0.29) is 30.1 Å². The Morgan fingerprint density at radius 1 is 1.14 bits per heavy atom. The molecule has 0 aliphatic rings. The first-order valence-corrected chi connectivity index (χ1v) is 6.84. The summed E-state index contributed by atoms with van der Waals surface area (Å²) in [7, 11) is 0. The Bertz CT molecular complexity index is 714. The Morgan fingerprint density at radius 2 is 1.91 bits per heavy atom. The monoisotopic (exact) mass is 299 g/mol. The van der Waals surface area contributed by atoms with Crippen molar-refractivity contribution in [1.29, 1.82) is 0 Å². The van der Waals surface area contributed by atoms with Gasteiger partial charge in [-0.1, -0.05) is 12.1 Å². The van der Waals surface area contributed by atoms with Crippen LogP contribution < -0.4 is 11.5 Å². The molecule has 1 amide bonds. The van der Waals surface area contributed by atoms with Gasteiger partial charge in [-0.15, -0.1) is 0 Å². The van der Waals surface area contributed by atoms with E-state index in [1.807, 2.05) is 6.07 Å². The van der Waals surface area contributed by atoms with Crippen LogP contribution in [0.5, 0.6) is 5.75 Å². The number of aromatic nitrogens is 1. The number of hydrogen-bond donors (Lipinski definition) is 3. The van der Waals surface area contributed by atoms with Crippen molar-refractivity contribution in [3.8, 4) is 16.9 Å². The molecule has 0 radical (unpaired) electrons. The van der Waals surface area contributed by atoms with E-state index < -0.39 is 5.91 Å². The number of pyridine rings is 1. The van der Waals surface area contributed by atoms with Gasteiger partial charge in [0.25, 0.3) is 0 Å². The van der Waals surface area contributed by atoms with E-state index >= 15 is 0 Å². The predicted molar refractivity (Wildman–Crippen MR) is 83.1 cm³/mol. The largest absolute Gasteiger partial charge is 0.506 e. The molecule has 1 heterocycles. The lowest BCUT2D eigenvalue weighted by atomic mass is 10.0. The maximum absolute atomic E-state index is 12.0. The fraction of sp³-hybridized carbons (Fsp3) is 0.188. The molecule has 114 valence electrons. The molecule has 6 heteroatoms. The van der Waals surface area contributed by atoms with Gasteiger partial charge in [-0.05, 0) is 30.2 Å². The number of primary amides is 1. The van der Waals surface area contributed by atoms with E-state index in [2.05, 4.69) is 4.98 Å². The molecule has 0 aliphatic carbocycles. The molecule has 1 aromatic carbocycles. The molecule has 0 aliphatic heterocycles. The maximum atomic E-state index is 12.0. The van der Waals surface area contributed by atoms with Crippen LogP contribution in [-0.2, 0) is 4.79 Å². The highest BCUT2D eigenvalue weighted by atomic mass is 16.3. The lowest BCUT2D eigenvalue weighted by Gasteiger charge is -2.07. The van der Waals surface area contributed by atoms with E-state index in [1.54, 1.807) is 18.2 Å². The number of nitrogens with two attached hydrogens (primary N) is 2. The van der Waals surface area contributed by atoms with Crippen molar-refractivity contribution in [3.05, 3.63) is 42.2 Å². The Kier molecular flexibility index (Phi) is 4.73. The third-order valence-electron chi connectivity index (χ3n) is 3.18. The zero-order valence-electron chi connectivity index (χ0n) is 12.0. The number of nitrogens with zero attached hydrogens (tertiary/aromatic N) is 1. The molecule has 22 heavy (non-hydrogen) atoms. The van der Waals surface area contributed by atoms with Crippen molar-refractivity contribution >= 4 is 17.4 Å². The van der Waals surface area contributed by atoms with Gasteiger partial charge in [0.2, 0.25) is 5.91 Å². The molecule has 0 unspecified atom stereocenters. The van der Waals surface area contributed by atoms with Crippen LogP contribution in [0.15, 0.2) is 36.5 Å². The molecular formula is C16H17N3O3. The predicted octanol–water partition coefficient (Wildman–Crippen LogP) is 1.87. The summed E-state index contributed by atoms with van der Waals surface area (Å²) in [5, 5.41) is 9.99. The first-order valence-electron chi connectivity index (χ1n) is 6.84. The molecule has 2 aromatic rings. The highest BCUT2D eigenvalue weighted by Crippen LogP contribution is 2.26. The summed E-state index contributed by atoms with van der Waals surface area (Å²) >= 11 is 0. The fourth-order valence-corrected chi connectivity index (χ4v) is 2.09. The van der Waals surface area contributed by atoms with E-state index in [0.717, 1.165) is 5.56 Å². The number of aromatic hydroxyl groups is 1. The normalized spacial score (nSPS) is 10.4. The lowest BCUT2D eigenvalue weighted by Crippen LogP contribution is -2.11. The van der Waals surface area contributed by atoms with Crippen LogP contribution in [0, 0.1) is 0 Å². The average Bonchev–Trinajstić information content (AvgIpc) is 2.46. The van der Waals surface area contributed by atoms with Crippen molar-refractivity contribution in [3.63, 3.8) is 0 Å². The number of carbonyl (C=O) groups is 2. The second-order valence-corrected chi connectivity index (χ2v) is 4.96. The van der Waals surface area contributed by atoms with Gasteiger partial charge in [0, 0.05) is 30.3 Å². The zero-order valence-corrected chi connectivity index (χ0v) is 12.0. The first-order chi connectivity index (χ1) is 10.5. The molecule has 0 atom stereocenters. The minimum absolute atomic E-state index is 0.00266. The fourth-order valence-electron chi connectivity index (χ4n) is 2.09. The van der Waals surface area contributed by atoms with Crippen LogP contribution in [0.4, 0.5) is 5.69 Å². The Balaban J connectivity index is 2.16. The molecule has 2 rings (SSSR count). The number of benzene rings is 1. The topological polar surface area (TPSA) is 119 Å². The van der Waals surface area contributed by atoms with E-state index in [4.69, 9.17) is 11.5 Å². The summed E-state index contributed by atoms with van der Waals surface area (Å²) in [6.45, 7) is 0. The van der Waals surface area contributed by atoms with Gasteiger partial charge in [0.05, 0.1) is 0 Å². The molecule has 6 nitrogen and oxygen atoms in total. The number of ketones is 1. The summed E-state index contributed by atoms with van der Waals surface area (Å²) in [6.07, 6.45) is 2.09. The van der Waals surface area contributed by atoms with Crippen molar-refractivity contribution in [1.82, 2.24) is 4.98 Å². The third-order valence-corrected chi connectivity index (χ3v) is 3.18. The number of hydrogen-bond acceptors (Lipinski definition) is 5. The Labute approximate surface area is 127 Å². The van der Waals surface area contributed by atoms with Gasteiger partial charge < -0.3 is 16.6 Å². The highest BCUT2D eigenvalue weighted by Gasteiger charge is 2.14. The average molecular weight is 299 g/mol. The molecule has 0 bridgehead atoms. The summed E-state index contributed by atoms with van der Waals surface area (Å²) in [6, 6.07) is 8.62. The minimum atomic E-state index is -0.456. The van der Waals surface area contributed by atoms with E-state index in [1.165, 1.54) is 12.3 Å². The molecular weight excluding hydrogens is 282 g/mol. The molecule has 0 spiro atoms. The highest BCUT2D eigenvalue weighted by molar-refractivity contribution is 5.97. The standard InChI is InChI=1S/C16H17N3O3/c17-12-4-1-3-10(7-12)11-8-14(21)16(19-9-11)13(20)5-2-6-15(18)22/h1,3-4,7-9,21H,2,5-6,17H2,(H2,18,22). The van der Waals surface area contributed by atoms with Gasteiger partial charge in [0.1, 0.15) is 11.4 Å². The van der Waals surface area contributed by atoms with Crippen LogP contribution in [0.3, 0.4) is 0 Å². The van der Waals surface area contributed by atoms with Crippen molar-refractivity contribution < 1.29 is 14.7 Å².